The van der Waals surface area contributed by atoms with Crippen LogP contribution in [-0.4, -0.2) is 24.4 Å². The van der Waals surface area contributed by atoms with E-state index in [1.54, 1.807) is 13.1 Å². The predicted molar refractivity (Wildman–Crippen MR) is 59.6 cm³/mol. The smallest absolute Gasteiger partial charge is 0.195 e. The van der Waals surface area contributed by atoms with Gasteiger partial charge in [0.1, 0.15) is 5.76 Å². The molecule has 0 amide bonds. The molecule has 1 aromatic rings. The topological polar surface area (TPSA) is 86.2 Å². The molecule has 1 fully saturated rings. The minimum Gasteiger partial charge on any atom is -0.444 e. The molecule has 0 aromatic carbocycles. The molecular formula is C10H16N2O3S. The highest BCUT2D eigenvalue weighted by molar-refractivity contribution is 7.92. The molecule has 16 heavy (non-hydrogen) atoms. The van der Waals surface area contributed by atoms with E-state index >= 15 is 0 Å². The average Bonchev–Trinajstić information content (AvgIpc) is 2.75. The van der Waals surface area contributed by atoms with Crippen molar-refractivity contribution in [3.8, 4) is 0 Å². The molecule has 0 spiro atoms. The van der Waals surface area contributed by atoms with Crippen molar-refractivity contribution in [3.05, 3.63) is 17.8 Å². The maximum absolute atomic E-state index is 11.6. The lowest BCUT2D eigenvalue weighted by Crippen LogP contribution is -2.18. The van der Waals surface area contributed by atoms with Gasteiger partial charge in [-0.25, -0.2) is 13.4 Å². The van der Waals surface area contributed by atoms with Gasteiger partial charge in [-0.3, -0.25) is 0 Å². The molecule has 2 rings (SSSR count). The Kier molecular flexibility index (Phi) is 3.03. The van der Waals surface area contributed by atoms with Gasteiger partial charge in [0.05, 0.1) is 23.2 Å². The number of nitrogens with two attached hydrogens (primary N) is 1. The molecule has 0 radical (unpaired) electrons. The molecule has 2 heterocycles. The van der Waals surface area contributed by atoms with E-state index in [1.807, 2.05) is 0 Å². The minimum atomic E-state index is -2.93. The predicted octanol–water partition coefficient (Wildman–Crippen LogP) is 0.814. The van der Waals surface area contributed by atoms with Crippen LogP contribution in [0.15, 0.2) is 10.6 Å². The highest BCUT2D eigenvalue weighted by Crippen LogP contribution is 2.24. The van der Waals surface area contributed by atoms with Crippen molar-refractivity contribution in [2.24, 2.45) is 5.73 Å². The third kappa shape index (κ3) is 2.27. The van der Waals surface area contributed by atoms with E-state index in [1.165, 1.54) is 0 Å². The molecular weight excluding hydrogens is 228 g/mol. The van der Waals surface area contributed by atoms with E-state index in [2.05, 4.69) is 4.98 Å². The molecule has 2 atom stereocenters. The second kappa shape index (κ2) is 4.18. The maximum Gasteiger partial charge on any atom is 0.195 e. The number of oxazole rings is 1. The van der Waals surface area contributed by atoms with Crippen LogP contribution in [0.2, 0.25) is 0 Å². The third-order valence-corrected chi connectivity index (χ3v) is 5.16. The first-order valence-electron chi connectivity index (χ1n) is 5.41. The summed E-state index contributed by atoms with van der Waals surface area (Å²) in [7, 11) is -2.93. The second-order valence-electron chi connectivity index (χ2n) is 4.28. The number of hydrogen-bond acceptors (Lipinski definition) is 5. The summed E-state index contributed by atoms with van der Waals surface area (Å²) in [5.74, 6) is 1.37. The molecule has 2 N–H and O–H groups in total. The standard InChI is InChI=1S/C10H16N2O3S/c1-7(11)9-6-12-10(15-9)5-8-3-2-4-16(8,13)14/h6-8H,2-5,11H2,1H3. The average molecular weight is 244 g/mol. The quantitative estimate of drug-likeness (QED) is 0.850. The fourth-order valence-electron chi connectivity index (χ4n) is 1.91. The first kappa shape index (κ1) is 11.6. The van der Waals surface area contributed by atoms with E-state index in [0.717, 1.165) is 6.42 Å². The lowest BCUT2D eigenvalue weighted by molar-refractivity contribution is 0.428. The molecule has 1 saturated heterocycles. The molecule has 0 aliphatic carbocycles. The summed E-state index contributed by atoms with van der Waals surface area (Å²) in [6.45, 7) is 1.80. The van der Waals surface area contributed by atoms with Crippen LogP contribution in [0.25, 0.3) is 0 Å². The molecule has 0 bridgehead atoms. The first-order valence-corrected chi connectivity index (χ1v) is 7.12. The van der Waals surface area contributed by atoms with Crippen LogP contribution in [0, 0.1) is 0 Å². The highest BCUT2D eigenvalue weighted by Gasteiger charge is 2.32. The third-order valence-electron chi connectivity index (χ3n) is 2.89. The summed E-state index contributed by atoms with van der Waals surface area (Å²) in [6.07, 6.45) is 3.39. The summed E-state index contributed by atoms with van der Waals surface area (Å²) < 4.78 is 28.6. The Hall–Kier alpha value is -0.880. The van der Waals surface area contributed by atoms with Crippen LogP contribution >= 0.6 is 0 Å². The number of aromatic nitrogens is 1. The largest absolute Gasteiger partial charge is 0.444 e. The lowest BCUT2D eigenvalue weighted by atomic mass is 10.2. The van der Waals surface area contributed by atoms with Gasteiger partial charge in [0, 0.05) is 6.42 Å². The van der Waals surface area contributed by atoms with Crippen LogP contribution in [0.3, 0.4) is 0 Å². The summed E-state index contributed by atoms with van der Waals surface area (Å²) in [5, 5.41) is -0.327. The van der Waals surface area contributed by atoms with Crippen LogP contribution in [0.1, 0.15) is 37.5 Å². The van der Waals surface area contributed by atoms with Gasteiger partial charge < -0.3 is 10.2 Å². The molecule has 1 aliphatic rings. The first-order chi connectivity index (χ1) is 7.49. The number of sulfone groups is 1. The number of nitrogens with zero attached hydrogens (tertiary/aromatic N) is 1. The SMILES string of the molecule is CC(N)c1cnc(CC2CCCS2(=O)=O)o1. The Balaban J connectivity index is 2.09. The zero-order chi connectivity index (χ0) is 11.8. The van der Waals surface area contributed by atoms with Crippen LogP contribution < -0.4 is 5.73 Å². The monoisotopic (exact) mass is 244 g/mol. The summed E-state index contributed by atoms with van der Waals surface area (Å²) in [4.78, 5) is 4.06. The van der Waals surface area contributed by atoms with Crippen molar-refractivity contribution >= 4 is 9.84 Å². The fourth-order valence-corrected chi connectivity index (χ4v) is 3.74. The minimum absolute atomic E-state index is 0.207. The van der Waals surface area contributed by atoms with Crippen molar-refractivity contribution in [2.45, 2.75) is 37.5 Å². The van der Waals surface area contributed by atoms with Gasteiger partial charge in [-0.05, 0) is 19.8 Å². The van der Waals surface area contributed by atoms with Gasteiger partial charge in [-0.2, -0.15) is 0 Å². The molecule has 1 aliphatic heterocycles. The zero-order valence-corrected chi connectivity index (χ0v) is 10.0. The Bertz CT molecular complexity index is 464. The van der Waals surface area contributed by atoms with E-state index in [9.17, 15) is 8.42 Å². The van der Waals surface area contributed by atoms with Crippen LogP contribution in [0.4, 0.5) is 0 Å². The van der Waals surface area contributed by atoms with E-state index < -0.39 is 9.84 Å². The van der Waals surface area contributed by atoms with Crippen molar-refractivity contribution in [1.29, 1.82) is 0 Å². The number of hydrogen-bond donors (Lipinski definition) is 1. The summed E-state index contributed by atoms with van der Waals surface area (Å²) >= 11 is 0. The van der Waals surface area contributed by atoms with Gasteiger partial charge in [0.2, 0.25) is 0 Å². The lowest BCUT2D eigenvalue weighted by Gasteiger charge is -2.05. The normalized spacial score (nSPS) is 25.8. The Morgan fingerprint density at radius 2 is 2.44 bits per heavy atom. The fraction of sp³-hybridized carbons (Fsp3) is 0.700. The highest BCUT2D eigenvalue weighted by atomic mass is 32.2. The molecule has 90 valence electrons. The van der Waals surface area contributed by atoms with Crippen LogP contribution in [0.5, 0.6) is 0 Å². The van der Waals surface area contributed by atoms with Gasteiger partial charge in [0.15, 0.2) is 15.7 Å². The molecule has 0 saturated carbocycles. The van der Waals surface area contributed by atoms with Crippen molar-refractivity contribution in [3.63, 3.8) is 0 Å². The van der Waals surface area contributed by atoms with Crippen molar-refractivity contribution in [2.75, 3.05) is 5.75 Å². The molecule has 2 unspecified atom stereocenters. The van der Waals surface area contributed by atoms with Gasteiger partial charge in [0.25, 0.3) is 0 Å². The molecule has 6 heteroatoms. The zero-order valence-electron chi connectivity index (χ0n) is 9.22. The number of rotatable bonds is 3. The van der Waals surface area contributed by atoms with Crippen molar-refractivity contribution < 1.29 is 12.8 Å². The second-order valence-corrected chi connectivity index (χ2v) is 6.68. The molecule has 1 aromatic heterocycles. The van der Waals surface area contributed by atoms with E-state index in [-0.39, 0.29) is 11.3 Å². The van der Waals surface area contributed by atoms with Gasteiger partial charge >= 0.3 is 0 Å². The van der Waals surface area contributed by atoms with Crippen molar-refractivity contribution in [1.82, 2.24) is 4.98 Å². The van der Waals surface area contributed by atoms with E-state index in [4.69, 9.17) is 10.2 Å². The summed E-state index contributed by atoms with van der Waals surface area (Å²) in [5.41, 5.74) is 5.64. The Morgan fingerprint density at radius 3 is 2.94 bits per heavy atom. The van der Waals surface area contributed by atoms with Crippen LogP contribution in [-0.2, 0) is 16.3 Å². The Labute approximate surface area is 95.0 Å². The van der Waals surface area contributed by atoms with E-state index in [0.29, 0.717) is 30.2 Å². The van der Waals surface area contributed by atoms with Gasteiger partial charge in [-0.1, -0.05) is 0 Å². The van der Waals surface area contributed by atoms with Gasteiger partial charge in [-0.15, -0.1) is 0 Å². The Morgan fingerprint density at radius 1 is 1.69 bits per heavy atom. The molecule has 5 nitrogen and oxygen atoms in total. The summed E-state index contributed by atoms with van der Waals surface area (Å²) in [6, 6.07) is -0.207. The maximum atomic E-state index is 11.6.